The molecule has 3 aromatic rings. The van der Waals surface area contributed by atoms with Crippen LogP contribution in [0, 0.1) is 0 Å². The van der Waals surface area contributed by atoms with Gasteiger partial charge in [-0.25, -0.2) is 0 Å². The number of para-hydroxylation sites is 1. The van der Waals surface area contributed by atoms with Crippen molar-refractivity contribution in [3.05, 3.63) is 77.9 Å². The number of amides is 1. The molecule has 0 aliphatic rings. The van der Waals surface area contributed by atoms with Crippen molar-refractivity contribution >= 4 is 28.3 Å². The van der Waals surface area contributed by atoms with Crippen LogP contribution >= 0.6 is 0 Å². The lowest BCUT2D eigenvalue weighted by Crippen LogP contribution is -2.37. The molecule has 0 spiro atoms. The smallest absolute Gasteiger partial charge is 0.321 e. The lowest BCUT2D eigenvalue weighted by Gasteiger charge is -2.25. The summed E-state index contributed by atoms with van der Waals surface area (Å²) in [7, 11) is 0. The number of aliphatic carboxylic acids is 1. The topological polar surface area (TPSA) is 92.4 Å². The maximum Gasteiger partial charge on any atom is 0.321 e. The molecule has 0 unspecified atom stereocenters. The summed E-state index contributed by atoms with van der Waals surface area (Å²) >= 11 is 0. The van der Waals surface area contributed by atoms with Gasteiger partial charge in [-0.05, 0) is 28.0 Å². The number of nitrogens with two attached hydrogens (primary N) is 1. The van der Waals surface area contributed by atoms with E-state index in [-0.39, 0.29) is 5.91 Å². The van der Waals surface area contributed by atoms with E-state index in [1.165, 1.54) is 6.92 Å². The highest BCUT2D eigenvalue weighted by Gasteiger charge is 2.30. The molecule has 3 rings (SSSR count). The molecule has 4 N–H and O–H groups in total. The molecule has 0 saturated heterocycles. The largest absolute Gasteiger partial charge is 0.480 e. The molecule has 3 aromatic carbocycles. The minimum absolute atomic E-state index is 0.224. The highest BCUT2D eigenvalue weighted by Crippen LogP contribution is 2.36. The van der Waals surface area contributed by atoms with Crippen molar-refractivity contribution in [2.45, 2.75) is 18.9 Å². The summed E-state index contributed by atoms with van der Waals surface area (Å²) in [6.07, 6.45) is 0. The Morgan fingerprint density at radius 2 is 1.54 bits per heavy atom. The second-order valence-electron chi connectivity index (χ2n) is 6.18. The minimum atomic E-state index is -1.16. The molecule has 0 heterocycles. The van der Waals surface area contributed by atoms with Gasteiger partial charge >= 0.3 is 5.97 Å². The average molecular weight is 348 g/mol. The van der Waals surface area contributed by atoms with Gasteiger partial charge in [0, 0.05) is 18.5 Å². The Morgan fingerprint density at radius 1 is 0.923 bits per heavy atom. The lowest BCUT2D eigenvalue weighted by atomic mass is 9.82. The maximum absolute atomic E-state index is 11.7. The first-order chi connectivity index (χ1) is 12.5. The fourth-order valence-electron chi connectivity index (χ4n) is 3.29. The van der Waals surface area contributed by atoms with Crippen LogP contribution in [0.15, 0.2) is 66.7 Å². The number of carbonyl (C=O) groups is 2. The van der Waals surface area contributed by atoms with E-state index in [1.54, 1.807) is 18.2 Å². The zero-order valence-corrected chi connectivity index (χ0v) is 14.3. The molecule has 0 saturated carbocycles. The molecule has 0 bridgehead atoms. The summed E-state index contributed by atoms with van der Waals surface area (Å²) < 4.78 is 0. The summed E-state index contributed by atoms with van der Waals surface area (Å²) in [5.41, 5.74) is 8.16. The fourth-order valence-corrected chi connectivity index (χ4v) is 3.29. The molecule has 0 aliphatic heterocycles. The summed E-state index contributed by atoms with van der Waals surface area (Å²) in [5, 5.41) is 14.3. The summed E-state index contributed by atoms with van der Waals surface area (Å²) in [4.78, 5) is 23.3. The van der Waals surface area contributed by atoms with Gasteiger partial charge < -0.3 is 16.2 Å². The second kappa shape index (κ2) is 7.37. The number of rotatable bonds is 5. The molecule has 1 amide bonds. The zero-order chi connectivity index (χ0) is 18.7. The van der Waals surface area contributed by atoms with Gasteiger partial charge in [0.25, 0.3) is 0 Å². The second-order valence-corrected chi connectivity index (χ2v) is 6.18. The van der Waals surface area contributed by atoms with Crippen LogP contribution in [0.2, 0.25) is 0 Å². The first-order valence-electron chi connectivity index (χ1n) is 8.31. The van der Waals surface area contributed by atoms with Crippen LogP contribution in [0.4, 0.5) is 5.69 Å². The Balaban J connectivity index is 2.25. The van der Waals surface area contributed by atoms with Gasteiger partial charge in [-0.3, -0.25) is 9.59 Å². The maximum atomic E-state index is 11.7. The predicted octanol–water partition coefficient (Wildman–Crippen LogP) is 3.34. The van der Waals surface area contributed by atoms with Gasteiger partial charge in [0.15, 0.2) is 0 Å². The summed E-state index contributed by atoms with van der Waals surface area (Å²) in [6.45, 7) is 1.42. The first-order valence-corrected chi connectivity index (χ1v) is 8.31. The number of fused-ring (bicyclic) bond motifs is 1. The van der Waals surface area contributed by atoms with E-state index in [9.17, 15) is 14.7 Å². The van der Waals surface area contributed by atoms with Crippen molar-refractivity contribution in [1.29, 1.82) is 0 Å². The SMILES string of the molecule is CC(=O)Nc1ccccc1[C@@H](c1cccc2ccccc12)[C@H](N)C(=O)O. The monoisotopic (exact) mass is 348 g/mol. The number of carboxylic acid groups (broad SMARTS) is 1. The molecule has 0 aliphatic carbocycles. The Morgan fingerprint density at radius 3 is 2.27 bits per heavy atom. The van der Waals surface area contributed by atoms with E-state index < -0.39 is 17.9 Å². The Bertz CT molecular complexity index is 963. The molecule has 26 heavy (non-hydrogen) atoms. The van der Waals surface area contributed by atoms with E-state index >= 15 is 0 Å². The number of carboxylic acids is 1. The van der Waals surface area contributed by atoms with E-state index in [4.69, 9.17) is 5.73 Å². The lowest BCUT2D eigenvalue weighted by molar-refractivity contribution is -0.138. The van der Waals surface area contributed by atoms with Gasteiger partial charge in [-0.15, -0.1) is 0 Å². The quantitative estimate of drug-likeness (QED) is 0.659. The number of hydrogen-bond acceptors (Lipinski definition) is 3. The van der Waals surface area contributed by atoms with E-state index in [2.05, 4.69) is 5.32 Å². The third-order valence-corrected chi connectivity index (χ3v) is 4.41. The van der Waals surface area contributed by atoms with Crippen LogP contribution in [0.3, 0.4) is 0 Å². The first kappa shape index (κ1) is 17.6. The van der Waals surface area contributed by atoms with Crippen molar-refractivity contribution in [3.8, 4) is 0 Å². The standard InChI is InChI=1S/C21H20N2O3/c1-13(24)23-18-12-5-4-10-17(18)19(20(22)21(25)26)16-11-6-8-14-7-2-3-9-15(14)16/h2-12,19-20H,22H2,1H3,(H,23,24)(H,25,26)/t19-,20+/m1/s1. The average Bonchev–Trinajstić information content (AvgIpc) is 2.63. The molecule has 132 valence electrons. The minimum Gasteiger partial charge on any atom is -0.480 e. The van der Waals surface area contributed by atoms with E-state index in [0.29, 0.717) is 11.3 Å². The predicted molar refractivity (Wildman–Crippen MR) is 102 cm³/mol. The zero-order valence-electron chi connectivity index (χ0n) is 14.3. The van der Waals surface area contributed by atoms with Gasteiger partial charge in [0.1, 0.15) is 6.04 Å². The molecular weight excluding hydrogens is 328 g/mol. The molecule has 0 aromatic heterocycles. The Hall–Kier alpha value is -3.18. The molecular formula is C21H20N2O3. The van der Waals surface area contributed by atoms with Crippen LogP contribution in [0.5, 0.6) is 0 Å². The number of anilines is 1. The van der Waals surface area contributed by atoms with Crippen molar-refractivity contribution in [3.63, 3.8) is 0 Å². The highest BCUT2D eigenvalue weighted by molar-refractivity contribution is 5.92. The van der Waals surface area contributed by atoms with Crippen molar-refractivity contribution in [2.75, 3.05) is 5.32 Å². The Kier molecular flexibility index (Phi) is 5.00. The summed E-state index contributed by atoms with van der Waals surface area (Å²) in [5.74, 6) is -1.93. The number of hydrogen-bond donors (Lipinski definition) is 3. The highest BCUT2D eigenvalue weighted by atomic mass is 16.4. The molecule has 2 atom stereocenters. The normalized spacial score (nSPS) is 13.2. The number of nitrogens with one attached hydrogen (secondary N) is 1. The molecule has 0 radical (unpaired) electrons. The fraction of sp³-hybridized carbons (Fsp3) is 0.143. The molecule has 5 heteroatoms. The third-order valence-electron chi connectivity index (χ3n) is 4.41. The van der Waals surface area contributed by atoms with Crippen LogP contribution in [-0.4, -0.2) is 23.0 Å². The van der Waals surface area contributed by atoms with Crippen LogP contribution in [-0.2, 0) is 9.59 Å². The van der Waals surface area contributed by atoms with E-state index in [0.717, 1.165) is 16.3 Å². The van der Waals surface area contributed by atoms with E-state index in [1.807, 2.05) is 48.5 Å². The number of benzene rings is 3. The van der Waals surface area contributed by atoms with Gasteiger partial charge in [-0.2, -0.15) is 0 Å². The van der Waals surface area contributed by atoms with Crippen LogP contribution in [0.25, 0.3) is 10.8 Å². The summed E-state index contributed by atoms with van der Waals surface area (Å²) in [6, 6.07) is 19.5. The van der Waals surface area contributed by atoms with Crippen molar-refractivity contribution < 1.29 is 14.7 Å². The van der Waals surface area contributed by atoms with Crippen molar-refractivity contribution in [1.82, 2.24) is 0 Å². The third kappa shape index (κ3) is 3.43. The number of carbonyl (C=O) groups excluding carboxylic acids is 1. The van der Waals surface area contributed by atoms with Crippen molar-refractivity contribution in [2.24, 2.45) is 5.73 Å². The van der Waals surface area contributed by atoms with Gasteiger partial charge in [0.2, 0.25) is 5.91 Å². The molecule has 5 nitrogen and oxygen atoms in total. The van der Waals surface area contributed by atoms with Crippen LogP contribution in [0.1, 0.15) is 24.0 Å². The van der Waals surface area contributed by atoms with Crippen LogP contribution < -0.4 is 11.1 Å². The van der Waals surface area contributed by atoms with Gasteiger partial charge in [0.05, 0.1) is 0 Å². The molecule has 0 fully saturated rings. The van der Waals surface area contributed by atoms with Gasteiger partial charge in [-0.1, -0.05) is 60.7 Å². The Labute approximate surface area is 151 Å².